The van der Waals surface area contributed by atoms with Crippen LogP contribution in [0.4, 0.5) is 4.39 Å². The van der Waals surface area contributed by atoms with Crippen LogP contribution < -0.4 is 5.32 Å². The molecule has 1 unspecified atom stereocenters. The van der Waals surface area contributed by atoms with Crippen LogP contribution in [-0.2, 0) is 0 Å². The highest BCUT2D eigenvalue weighted by molar-refractivity contribution is 7.17. The number of rotatable bonds is 3. The van der Waals surface area contributed by atoms with Crippen LogP contribution in [0.2, 0.25) is 0 Å². The lowest BCUT2D eigenvalue weighted by atomic mass is 10.2. The van der Waals surface area contributed by atoms with E-state index in [9.17, 15) is 9.18 Å². The molecule has 1 aliphatic heterocycles. The molecule has 1 aliphatic rings. The van der Waals surface area contributed by atoms with Gasteiger partial charge in [0, 0.05) is 24.5 Å². The van der Waals surface area contributed by atoms with E-state index in [2.05, 4.69) is 5.32 Å². The van der Waals surface area contributed by atoms with Gasteiger partial charge in [0.1, 0.15) is 5.82 Å². The maximum absolute atomic E-state index is 13.0. The molecule has 0 spiro atoms. The number of nitrogens with zero attached hydrogens (tertiary/aromatic N) is 1. The molecular weight excluding hydrogens is 323 g/mol. The summed E-state index contributed by atoms with van der Waals surface area (Å²) in [6.07, 6.45) is 0.998. The fraction of sp³-hybridized carbons (Fsp3) is 0.312. The molecule has 1 fully saturated rings. The minimum atomic E-state index is -0.250. The zero-order valence-corrected chi connectivity index (χ0v) is 13.8. The van der Waals surface area contributed by atoms with Crippen molar-refractivity contribution in [2.75, 3.05) is 20.1 Å². The molecule has 0 saturated carbocycles. The molecule has 0 radical (unpaired) electrons. The van der Waals surface area contributed by atoms with E-state index in [4.69, 9.17) is 0 Å². The Hall–Kier alpha value is -1.43. The standard InChI is InChI=1S/C16H17FN2OS.ClH/c1-19(13-8-9-18-10-13)16(20)15-7-6-14(21-15)11-2-4-12(17)5-3-11;/h2-7,13,18H,8-10H2,1H3;1H. The molecule has 1 N–H and O–H groups in total. The van der Waals surface area contributed by atoms with Crippen molar-refractivity contribution >= 4 is 29.7 Å². The lowest BCUT2D eigenvalue weighted by Crippen LogP contribution is -2.37. The van der Waals surface area contributed by atoms with Gasteiger partial charge >= 0.3 is 0 Å². The van der Waals surface area contributed by atoms with Gasteiger partial charge in [0.05, 0.1) is 4.88 Å². The van der Waals surface area contributed by atoms with Gasteiger partial charge in [-0.15, -0.1) is 23.7 Å². The molecule has 1 aromatic carbocycles. The van der Waals surface area contributed by atoms with E-state index >= 15 is 0 Å². The van der Waals surface area contributed by atoms with E-state index < -0.39 is 0 Å². The quantitative estimate of drug-likeness (QED) is 0.928. The summed E-state index contributed by atoms with van der Waals surface area (Å²) in [6, 6.07) is 10.4. The second kappa shape index (κ2) is 7.22. The van der Waals surface area contributed by atoms with Crippen LogP contribution in [0.1, 0.15) is 16.1 Å². The van der Waals surface area contributed by atoms with Crippen LogP contribution in [0, 0.1) is 5.82 Å². The fourth-order valence-electron chi connectivity index (χ4n) is 2.53. The second-order valence-electron chi connectivity index (χ2n) is 5.23. The zero-order valence-electron chi connectivity index (χ0n) is 12.2. The number of amides is 1. The third-order valence-corrected chi connectivity index (χ3v) is 4.97. The van der Waals surface area contributed by atoms with Crippen LogP contribution in [0.15, 0.2) is 36.4 Å². The number of nitrogens with one attached hydrogen (secondary N) is 1. The molecule has 6 heteroatoms. The summed E-state index contributed by atoms with van der Waals surface area (Å²) in [7, 11) is 1.86. The fourth-order valence-corrected chi connectivity index (χ4v) is 3.53. The molecular formula is C16H18ClFN2OS. The highest BCUT2D eigenvalue weighted by Gasteiger charge is 2.24. The van der Waals surface area contributed by atoms with E-state index in [1.54, 1.807) is 12.1 Å². The van der Waals surface area contributed by atoms with Crippen molar-refractivity contribution < 1.29 is 9.18 Å². The molecule has 0 bridgehead atoms. The van der Waals surface area contributed by atoms with Gasteiger partial charge in [-0.05, 0) is 42.8 Å². The predicted octanol–water partition coefficient (Wildman–Crippen LogP) is 3.41. The topological polar surface area (TPSA) is 32.3 Å². The zero-order chi connectivity index (χ0) is 14.8. The Morgan fingerprint density at radius 2 is 2.00 bits per heavy atom. The van der Waals surface area contributed by atoms with Gasteiger partial charge in [0.25, 0.3) is 5.91 Å². The van der Waals surface area contributed by atoms with Crippen molar-refractivity contribution in [2.24, 2.45) is 0 Å². The molecule has 22 heavy (non-hydrogen) atoms. The van der Waals surface area contributed by atoms with E-state index in [-0.39, 0.29) is 30.2 Å². The Kier molecular flexibility index (Phi) is 5.56. The number of hydrogen-bond donors (Lipinski definition) is 1. The highest BCUT2D eigenvalue weighted by Crippen LogP contribution is 2.29. The largest absolute Gasteiger partial charge is 0.337 e. The van der Waals surface area contributed by atoms with E-state index in [1.807, 2.05) is 24.1 Å². The summed E-state index contributed by atoms with van der Waals surface area (Å²) >= 11 is 1.45. The molecule has 2 heterocycles. The summed E-state index contributed by atoms with van der Waals surface area (Å²) in [5.41, 5.74) is 0.936. The first-order chi connectivity index (χ1) is 10.1. The molecule has 118 valence electrons. The Morgan fingerprint density at radius 1 is 1.27 bits per heavy atom. The molecule has 2 aromatic rings. The molecule has 1 atom stereocenters. The Morgan fingerprint density at radius 3 is 2.64 bits per heavy atom. The Balaban J connectivity index is 0.00000176. The normalized spacial score (nSPS) is 17.1. The monoisotopic (exact) mass is 340 g/mol. The minimum Gasteiger partial charge on any atom is -0.337 e. The predicted molar refractivity (Wildman–Crippen MR) is 90.3 cm³/mol. The van der Waals surface area contributed by atoms with Gasteiger partial charge in [-0.2, -0.15) is 0 Å². The van der Waals surface area contributed by atoms with Gasteiger partial charge in [0.2, 0.25) is 0 Å². The van der Waals surface area contributed by atoms with Crippen molar-refractivity contribution in [1.29, 1.82) is 0 Å². The summed E-state index contributed by atoms with van der Waals surface area (Å²) in [4.78, 5) is 16.0. The summed E-state index contributed by atoms with van der Waals surface area (Å²) < 4.78 is 13.0. The van der Waals surface area contributed by atoms with Crippen molar-refractivity contribution in [1.82, 2.24) is 10.2 Å². The Bertz CT molecular complexity index is 638. The van der Waals surface area contributed by atoms with Crippen LogP contribution in [0.25, 0.3) is 10.4 Å². The molecule has 1 amide bonds. The summed E-state index contributed by atoms with van der Waals surface area (Å²) in [5, 5.41) is 3.27. The van der Waals surface area contributed by atoms with Gasteiger partial charge in [-0.25, -0.2) is 4.39 Å². The molecule has 1 saturated heterocycles. The van der Waals surface area contributed by atoms with Gasteiger partial charge < -0.3 is 10.2 Å². The van der Waals surface area contributed by atoms with E-state index in [0.717, 1.165) is 34.8 Å². The van der Waals surface area contributed by atoms with Crippen molar-refractivity contribution in [3.63, 3.8) is 0 Å². The number of carbonyl (C=O) groups excluding carboxylic acids is 1. The summed E-state index contributed by atoms with van der Waals surface area (Å²) in [6.45, 7) is 1.83. The number of carbonyl (C=O) groups is 1. The van der Waals surface area contributed by atoms with Gasteiger partial charge in [-0.1, -0.05) is 12.1 Å². The lowest BCUT2D eigenvalue weighted by molar-refractivity contribution is 0.0748. The first-order valence-corrected chi connectivity index (χ1v) is 7.80. The van der Waals surface area contributed by atoms with Gasteiger partial charge in [0.15, 0.2) is 0 Å². The number of thiophene rings is 1. The number of benzene rings is 1. The smallest absolute Gasteiger partial charge is 0.263 e. The number of likely N-dealkylation sites (N-methyl/N-ethyl adjacent to an activating group) is 1. The van der Waals surface area contributed by atoms with Gasteiger partial charge in [-0.3, -0.25) is 4.79 Å². The number of hydrogen-bond acceptors (Lipinski definition) is 3. The third-order valence-electron chi connectivity index (χ3n) is 3.85. The first-order valence-electron chi connectivity index (χ1n) is 6.99. The molecule has 3 nitrogen and oxygen atoms in total. The average Bonchev–Trinajstić information content (AvgIpc) is 3.18. The first kappa shape index (κ1) is 16.9. The van der Waals surface area contributed by atoms with Crippen LogP contribution >= 0.6 is 23.7 Å². The average molecular weight is 341 g/mol. The molecule has 3 rings (SSSR count). The minimum absolute atomic E-state index is 0. The second-order valence-corrected chi connectivity index (χ2v) is 6.32. The van der Waals surface area contributed by atoms with Crippen molar-refractivity contribution in [3.8, 4) is 10.4 Å². The molecule has 0 aliphatic carbocycles. The van der Waals surface area contributed by atoms with Crippen LogP contribution in [0.5, 0.6) is 0 Å². The van der Waals surface area contributed by atoms with Crippen molar-refractivity contribution in [2.45, 2.75) is 12.5 Å². The Labute approximate surface area is 139 Å². The number of halogens is 2. The van der Waals surface area contributed by atoms with E-state index in [0.29, 0.717) is 0 Å². The summed E-state index contributed by atoms with van der Waals surface area (Å²) in [5.74, 6) is -0.192. The van der Waals surface area contributed by atoms with Crippen molar-refractivity contribution in [3.05, 3.63) is 47.1 Å². The van der Waals surface area contributed by atoms with Crippen LogP contribution in [0.3, 0.4) is 0 Å². The maximum atomic E-state index is 13.0. The molecule has 1 aromatic heterocycles. The van der Waals surface area contributed by atoms with Crippen LogP contribution in [-0.4, -0.2) is 37.0 Å². The maximum Gasteiger partial charge on any atom is 0.263 e. The third kappa shape index (κ3) is 3.48. The van der Waals surface area contributed by atoms with E-state index in [1.165, 1.54) is 23.5 Å². The highest BCUT2D eigenvalue weighted by atomic mass is 35.5. The SMILES string of the molecule is CN(C(=O)c1ccc(-c2ccc(F)cc2)s1)C1CCNC1.Cl. The lowest BCUT2D eigenvalue weighted by Gasteiger charge is -2.22.